The average molecular weight is 308 g/mol. The van der Waals surface area contributed by atoms with Crippen molar-refractivity contribution in [3.05, 3.63) is 29.8 Å². The van der Waals surface area contributed by atoms with Crippen molar-refractivity contribution in [2.75, 3.05) is 19.1 Å². The lowest BCUT2D eigenvalue weighted by Gasteiger charge is -2.24. The maximum absolute atomic E-state index is 12.5. The number of benzene rings is 1. The first-order valence-corrected chi connectivity index (χ1v) is 8.92. The third kappa shape index (κ3) is 3.41. The fraction of sp³-hybridized carbons (Fsp3) is 0.500. The molecule has 0 N–H and O–H groups in total. The number of hydrogen-bond acceptors (Lipinski definition) is 3. The van der Waals surface area contributed by atoms with Crippen molar-refractivity contribution in [1.29, 1.82) is 0 Å². The summed E-state index contributed by atoms with van der Waals surface area (Å²) in [6, 6.07) is 6.81. The molecule has 102 valence electrons. The van der Waals surface area contributed by atoms with Gasteiger partial charge in [0, 0.05) is 24.7 Å². The predicted molar refractivity (Wildman–Crippen MR) is 78.8 cm³/mol. The van der Waals surface area contributed by atoms with Crippen LogP contribution >= 0.6 is 23.4 Å². The van der Waals surface area contributed by atoms with Gasteiger partial charge in [0.2, 0.25) is 10.0 Å². The van der Waals surface area contributed by atoms with E-state index < -0.39 is 10.0 Å². The Balaban J connectivity index is 3.13. The van der Waals surface area contributed by atoms with Gasteiger partial charge in [0.15, 0.2) is 0 Å². The van der Waals surface area contributed by atoms with Crippen LogP contribution in [0.1, 0.15) is 12.5 Å². The Bertz CT molecular complexity index is 491. The number of hydrogen-bond donors (Lipinski definition) is 0. The van der Waals surface area contributed by atoms with Crippen LogP contribution < -0.4 is 0 Å². The van der Waals surface area contributed by atoms with Gasteiger partial charge in [-0.05, 0) is 24.8 Å². The highest BCUT2D eigenvalue weighted by atomic mass is 35.5. The monoisotopic (exact) mass is 307 g/mol. The Kier molecular flexibility index (Phi) is 5.98. The van der Waals surface area contributed by atoms with Crippen molar-refractivity contribution in [1.82, 2.24) is 4.31 Å². The normalized spacial score (nSPS) is 13.8. The first-order valence-electron chi connectivity index (χ1n) is 5.56. The minimum Gasteiger partial charge on any atom is -0.207 e. The third-order valence-corrected chi connectivity index (χ3v) is 5.98. The molecule has 1 unspecified atom stereocenters. The van der Waals surface area contributed by atoms with Crippen molar-refractivity contribution in [3.63, 3.8) is 0 Å². The van der Waals surface area contributed by atoms with Gasteiger partial charge in [-0.15, -0.1) is 11.6 Å². The first kappa shape index (κ1) is 15.8. The van der Waals surface area contributed by atoms with Gasteiger partial charge in [-0.3, -0.25) is 0 Å². The second-order valence-electron chi connectivity index (χ2n) is 4.07. The van der Waals surface area contributed by atoms with Gasteiger partial charge in [0.25, 0.3) is 0 Å². The van der Waals surface area contributed by atoms with Crippen LogP contribution in [-0.2, 0) is 15.9 Å². The molecule has 0 radical (unpaired) electrons. The second kappa shape index (κ2) is 6.80. The van der Waals surface area contributed by atoms with E-state index >= 15 is 0 Å². The van der Waals surface area contributed by atoms with Gasteiger partial charge in [0.1, 0.15) is 0 Å². The molecule has 0 bridgehead atoms. The van der Waals surface area contributed by atoms with E-state index in [4.69, 9.17) is 11.6 Å². The number of alkyl halides is 1. The van der Waals surface area contributed by atoms with Crippen LogP contribution in [0, 0.1) is 0 Å². The van der Waals surface area contributed by atoms with E-state index in [0.717, 1.165) is 5.75 Å². The molecule has 1 atom stereocenters. The molecule has 0 heterocycles. The van der Waals surface area contributed by atoms with E-state index in [9.17, 15) is 8.42 Å². The summed E-state index contributed by atoms with van der Waals surface area (Å²) in [6.07, 6.45) is 1.96. The summed E-state index contributed by atoms with van der Waals surface area (Å²) in [5, 5.41) is 0. The highest BCUT2D eigenvalue weighted by Gasteiger charge is 2.26. The minimum atomic E-state index is -3.47. The Morgan fingerprint density at radius 3 is 2.56 bits per heavy atom. The van der Waals surface area contributed by atoms with Crippen molar-refractivity contribution in [2.24, 2.45) is 0 Å². The maximum atomic E-state index is 12.5. The lowest BCUT2D eigenvalue weighted by molar-refractivity contribution is 0.414. The summed E-state index contributed by atoms with van der Waals surface area (Å²) in [4.78, 5) is 0.301. The quantitative estimate of drug-likeness (QED) is 0.758. The zero-order valence-electron chi connectivity index (χ0n) is 10.8. The van der Waals surface area contributed by atoms with Gasteiger partial charge in [-0.1, -0.05) is 18.2 Å². The number of rotatable bonds is 6. The van der Waals surface area contributed by atoms with E-state index in [0.29, 0.717) is 10.5 Å². The molecule has 0 spiro atoms. The van der Waals surface area contributed by atoms with Crippen LogP contribution in [0.15, 0.2) is 29.2 Å². The van der Waals surface area contributed by atoms with Crippen molar-refractivity contribution < 1.29 is 8.42 Å². The van der Waals surface area contributed by atoms with E-state index in [1.54, 1.807) is 43.1 Å². The van der Waals surface area contributed by atoms with Gasteiger partial charge < -0.3 is 0 Å². The molecule has 3 nitrogen and oxygen atoms in total. The van der Waals surface area contributed by atoms with Gasteiger partial charge in [-0.25, -0.2) is 8.42 Å². The smallest absolute Gasteiger partial charge is 0.207 e. The van der Waals surface area contributed by atoms with Crippen molar-refractivity contribution in [2.45, 2.75) is 23.7 Å². The molecule has 0 saturated heterocycles. The topological polar surface area (TPSA) is 37.4 Å². The molecule has 0 saturated carbocycles. The first-order chi connectivity index (χ1) is 8.45. The summed E-state index contributed by atoms with van der Waals surface area (Å²) < 4.78 is 26.4. The summed E-state index contributed by atoms with van der Waals surface area (Å²) in [5.74, 6) is 0.957. The molecule has 18 heavy (non-hydrogen) atoms. The number of nitrogens with zero attached hydrogens (tertiary/aromatic N) is 1. The molecule has 0 aliphatic rings. The Morgan fingerprint density at radius 2 is 2.00 bits per heavy atom. The SMILES string of the molecule is CSCC(C)N(C)S(=O)(=O)c1ccccc1CCl. The summed E-state index contributed by atoms with van der Waals surface area (Å²) in [7, 11) is -1.86. The number of halogens is 1. The summed E-state index contributed by atoms with van der Waals surface area (Å²) in [6.45, 7) is 1.90. The maximum Gasteiger partial charge on any atom is 0.243 e. The number of thioether (sulfide) groups is 1. The van der Waals surface area contributed by atoms with Crippen molar-refractivity contribution in [3.8, 4) is 0 Å². The zero-order valence-corrected chi connectivity index (χ0v) is 13.1. The molecular formula is C12H18ClNO2S2. The largest absolute Gasteiger partial charge is 0.243 e. The average Bonchev–Trinajstić information content (AvgIpc) is 2.38. The highest BCUT2D eigenvalue weighted by Crippen LogP contribution is 2.22. The van der Waals surface area contributed by atoms with Crippen LogP contribution in [0.3, 0.4) is 0 Å². The van der Waals surface area contributed by atoms with Crippen molar-refractivity contribution >= 4 is 33.4 Å². The lowest BCUT2D eigenvalue weighted by Crippen LogP contribution is -2.37. The molecule has 0 amide bonds. The fourth-order valence-electron chi connectivity index (χ4n) is 1.60. The molecular weight excluding hydrogens is 290 g/mol. The van der Waals surface area contributed by atoms with Crippen LogP contribution in [0.2, 0.25) is 0 Å². The molecule has 0 fully saturated rings. The lowest BCUT2D eigenvalue weighted by atomic mass is 10.2. The molecule has 0 aliphatic carbocycles. The van der Waals surface area contributed by atoms with Crippen LogP contribution in [0.5, 0.6) is 0 Å². The zero-order chi connectivity index (χ0) is 13.8. The number of sulfonamides is 1. The van der Waals surface area contributed by atoms with Gasteiger partial charge in [0.05, 0.1) is 4.90 Å². The van der Waals surface area contributed by atoms with E-state index in [2.05, 4.69) is 0 Å². The van der Waals surface area contributed by atoms with Crippen LogP contribution in [0.25, 0.3) is 0 Å². The predicted octanol–water partition coefficient (Wildman–Crippen LogP) is 2.80. The molecule has 6 heteroatoms. The van der Waals surface area contributed by atoms with E-state index in [-0.39, 0.29) is 11.9 Å². The Hall–Kier alpha value is -0.230. The van der Waals surface area contributed by atoms with Crippen LogP contribution in [0.4, 0.5) is 0 Å². The van der Waals surface area contributed by atoms with E-state index in [1.807, 2.05) is 13.2 Å². The fourth-order valence-corrected chi connectivity index (χ4v) is 4.30. The third-order valence-electron chi connectivity index (χ3n) is 2.80. The Labute approximate surface area is 119 Å². The van der Waals surface area contributed by atoms with Gasteiger partial charge in [-0.2, -0.15) is 16.1 Å². The second-order valence-corrected chi connectivity index (χ2v) is 7.21. The molecule has 0 aromatic heterocycles. The molecule has 1 aromatic rings. The Morgan fingerprint density at radius 1 is 1.39 bits per heavy atom. The molecule has 1 rings (SSSR count). The minimum absolute atomic E-state index is 0.0478. The molecule has 1 aromatic carbocycles. The molecule has 0 aliphatic heterocycles. The summed E-state index contributed by atoms with van der Waals surface area (Å²) in [5.41, 5.74) is 0.641. The summed E-state index contributed by atoms with van der Waals surface area (Å²) >= 11 is 7.42. The standard InChI is InChI=1S/C12H18ClNO2S2/c1-10(9-17-3)14(2)18(15,16)12-7-5-4-6-11(12)8-13/h4-7,10H,8-9H2,1-3H3. The highest BCUT2D eigenvalue weighted by molar-refractivity contribution is 7.98. The van der Waals surface area contributed by atoms with Gasteiger partial charge >= 0.3 is 0 Å². The van der Waals surface area contributed by atoms with E-state index in [1.165, 1.54) is 4.31 Å². The van der Waals surface area contributed by atoms with Crippen LogP contribution in [-0.4, -0.2) is 37.8 Å².